The average molecular weight is 502 g/mol. The minimum Gasteiger partial charge on any atom is -0.415 e. The van der Waals surface area contributed by atoms with Gasteiger partial charge in [-0.15, -0.1) is 0 Å². The monoisotopic (exact) mass is 501 g/mol. The number of pyridine rings is 1. The topological polar surface area (TPSA) is 78.0 Å². The van der Waals surface area contributed by atoms with E-state index in [2.05, 4.69) is 33.8 Å². The van der Waals surface area contributed by atoms with Crippen molar-refractivity contribution in [1.29, 1.82) is 0 Å². The Morgan fingerprint density at radius 3 is 2.33 bits per heavy atom. The first-order chi connectivity index (χ1) is 17.1. The van der Waals surface area contributed by atoms with Crippen LogP contribution in [-0.4, -0.2) is 84.5 Å². The largest absolute Gasteiger partial charge is 0.415 e. The van der Waals surface area contributed by atoms with Crippen LogP contribution >= 0.6 is 0 Å². The van der Waals surface area contributed by atoms with Crippen LogP contribution in [0.4, 0.5) is 19.3 Å². The van der Waals surface area contributed by atoms with Gasteiger partial charge in [0.2, 0.25) is 11.8 Å². The van der Waals surface area contributed by atoms with Crippen LogP contribution in [0.5, 0.6) is 5.88 Å². The summed E-state index contributed by atoms with van der Waals surface area (Å²) in [5.41, 5.74) is 1.35. The molecule has 2 aromatic rings. The number of piperazine rings is 1. The number of aryl methyl sites for hydroxylation is 1. The highest BCUT2D eigenvalue weighted by Gasteiger charge is 2.54. The van der Waals surface area contributed by atoms with E-state index in [1.54, 1.807) is 17.9 Å². The zero-order chi connectivity index (χ0) is 26.0. The lowest BCUT2D eigenvalue weighted by Gasteiger charge is -2.51. The van der Waals surface area contributed by atoms with Gasteiger partial charge in [-0.05, 0) is 43.1 Å². The van der Waals surface area contributed by atoms with Gasteiger partial charge in [0.1, 0.15) is 11.1 Å². The maximum Gasteiger partial charge on any atom is 0.388 e. The molecule has 0 saturated carbocycles. The summed E-state index contributed by atoms with van der Waals surface area (Å²) in [6, 6.07) is 10.7. The number of halogens is 2. The number of likely N-dealkylation sites (N-methyl/N-ethyl adjacent to an activating group) is 1. The van der Waals surface area contributed by atoms with Crippen LogP contribution in [0, 0.1) is 6.92 Å². The first kappa shape index (κ1) is 25.8. The maximum absolute atomic E-state index is 13.9. The SMILES string of the molecule is Cc1ccc(NC(=O)C2(c3ccccc3C(C)C)CN(C(=O)N3CCN(C)CC3)C2)c(OC(F)F)n1. The van der Waals surface area contributed by atoms with Gasteiger partial charge in [-0.25, -0.2) is 9.78 Å². The molecule has 1 N–H and O–H groups in total. The van der Waals surface area contributed by atoms with Gasteiger partial charge in [0.05, 0.1) is 0 Å². The van der Waals surface area contributed by atoms with Gasteiger partial charge < -0.3 is 24.8 Å². The van der Waals surface area contributed by atoms with Gasteiger partial charge in [-0.3, -0.25) is 4.79 Å². The molecule has 2 saturated heterocycles. The Morgan fingerprint density at radius 1 is 1.03 bits per heavy atom. The molecule has 36 heavy (non-hydrogen) atoms. The standard InChI is InChI=1S/C26H33F2N5O3/c1-17(2)19-7-5-6-8-20(19)26(15-33(16-26)25(35)32-13-11-31(4)12-14-32)23(34)30-21-10-9-18(3)29-22(21)36-24(27)28/h5-10,17,24H,11-16H2,1-4H3,(H,30,34). The Morgan fingerprint density at radius 2 is 1.69 bits per heavy atom. The van der Waals surface area contributed by atoms with Crippen molar-refractivity contribution < 1.29 is 23.1 Å². The lowest BCUT2D eigenvalue weighted by molar-refractivity contribution is -0.126. The molecule has 2 aliphatic rings. The van der Waals surface area contributed by atoms with Gasteiger partial charge in [-0.2, -0.15) is 8.78 Å². The van der Waals surface area contributed by atoms with E-state index < -0.39 is 12.0 Å². The molecular formula is C26H33F2N5O3. The third-order valence-corrected chi connectivity index (χ3v) is 6.95. The number of hydrogen-bond donors (Lipinski definition) is 1. The van der Waals surface area contributed by atoms with Crippen LogP contribution in [0.15, 0.2) is 36.4 Å². The third-order valence-electron chi connectivity index (χ3n) is 6.95. The fourth-order valence-corrected chi connectivity index (χ4v) is 4.86. The van der Waals surface area contributed by atoms with E-state index >= 15 is 0 Å². The van der Waals surface area contributed by atoms with E-state index in [1.807, 2.05) is 36.2 Å². The first-order valence-electron chi connectivity index (χ1n) is 12.2. The summed E-state index contributed by atoms with van der Waals surface area (Å²) in [4.78, 5) is 36.8. The van der Waals surface area contributed by atoms with Crippen molar-refractivity contribution in [3.05, 3.63) is 53.2 Å². The highest BCUT2D eigenvalue weighted by Crippen LogP contribution is 2.41. The number of aromatic nitrogens is 1. The van der Waals surface area contributed by atoms with Crippen molar-refractivity contribution in [2.75, 3.05) is 51.6 Å². The number of hydrogen-bond acceptors (Lipinski definition) is 5. The van der Waals surface area contributed by atoms with Gasteiger partial charge in [0.25, 0.3) is 0 Å². The third kappa shape index (κ3) is 5.13. The van der Waals surface area contributed by atoms with Crippen LogP contribution in [0.2, 0.25) is 0 Å². The minimum absolute atomic E-state index is 0.0659. The predicted octanol–water partition coefficient (Wildman–Crippen LogP) is 3.67. The second-order valence-electron chi connectivity index (χ2n) is 9.89. The summed E-state index contributed by atoms with van der Waals surface area (Å²) in [6.45, 7) is 5.93. The predicted molar refractivity (Wildman–Crippen MR) is 132 cm³/mol. The highest BCUT2D eigenvalue weighted by atomic mass is 19.3. The van der Waals surface area contributed by atoms with Crippen molar-refractivity contribution in [3.8, 4) is 5.88 Å². The fourth-order valence-electron chi connectivity index (χ4n) is 4.86. The number of ether oxygens (including phenoxy) is 1. The highest BCUT2D eigenvalue weighted by molar-refractivity contribution is 6.02. The van der Waals surface area contributed by atoms with Crippen LogP contribution in [0.1, 0.15) is 36.6 Å². The Bertz CT molecular complexity index is 1110. The normalized spacial score (nSPS) is 17.8. The Hall–Kier alpha value is -3.27. The number of carbonyl (C=O) groups excluding carboxylic acids is 2. The van der Waals surface area contributed by atoms with Gasteiger partial charge >= 0.3 is 12.6 Å². The van der Waals surface area contributed by atoms with Crippen molar-refractivity contribution in [2.45, 2.75) is 38.7 Å². The molecular weight excluding hydrogens is 468 g/mol. The summed E-state index contributed by atoms with van der Waals surface area (Å²) in [5, 5.41) is 2.78. The quantitative estimate of drug-likeness (QED) is 0.654. The molecule has 10 heteroatoms. The van der Waals surface area contributed by atoms with Crippen LogP contribution in [0.3, 0.4) is 0 Å². The molecule has 2 aliphatic heterocycles. The van der Waals surface area contributed by atoms with Crippen LogP contribution in [-0.2, 0) is 10.2 Å². The van der Waals surface area contributed by atoms with E-state index in [-0.39, 0.29) is 42.5 Å². The lowest BCUT2D eigenvalue weighted by Crippen LogP contribution is -2.69. The summed E-state index contributed by atoms with van der Waals surface area (Å²) in [5.74, 6) is -0.579. The molecule has 3 amide bonds. The molecule has 1 aromatic carbocycles. The number of urea groups is 1. The molecule has 0 radical (unpaired) electrons. The Balaban J connectivity index is 1.64. The number of alkyl halides is 2. The average Bonchev–Trinajstić information content (AvgIpc) is 2.80. The minimum atomic E-state index is -3.08. The lowest BCUT2D eigenvalue weighted by atomic mass is 9.69. The van der Waals surface area contributed by atoms with E-state index in [9.17, 15) is 18.4 Å². The molecule has 0 atom stereocenters. The second kappa shape index (κ2) is 10.4. The van der Waals surface area contributed by atoms with Crippen molar-refractivity contribution in [1.82, 2.24) is 19.7 Å². The first-order valence-corrected chi connectivity index (χ1v) is 12.2. The number of likely N-dealkylation sites (tertiary alicyclic amines) is 1. The molecule has 0 aliphatic carbocycles. The van der Waals surface area contributed by atoms with Crippen LogP contribution in [0.25, 0.3) is 0 Å². The van der Waals surface area contributed by atoms with Crippen LogP contribution < -0.4 is 10.1 Å². The molecule has 2 fully saturated rings. The van der Waals surface area contributed by atoms with E-state index in [0.717, 1.165) is 24.2 Å². The number of nitrogens with zero attached hydrogens (tertiary/aromatic N) is 4. The van der Waals surface area contributed by atoms with Gasteiger partial charge in [-0.1, -0.05) is 38.1 Å². The summed E-state index contributed by atoms with van der Waals surface area (Å²) < 4.78 is 30.6. The Kier molecular flexibility index (Phi) is 7.44. The smallest absolute Gasteiger partial charge is 0.388 e. The van der Waals surface area contributed by atoms with Gasteiger partial charge in [0.15, 0.2) is 0 Å². The number of benzene rings is 1. The molecule has 0 unspecified atom stereocenters. The van der Waals surface area contributed by atoms with E-state index in [1.165, 1.54) is 6.07 Å². The summed E-state index contributed by atoms with van der Waals surface area (Å²) in [7, 11) is 2.02. The van der Waals surface area contributed by atoms with E-state index in [4.69, 9.17) is 0 Å². The van der Waals surface area contributed by atoms with Crippen molar-refractivity contribution in [3.63, 3.8) is 0 Å². The molecule has 4 rings (SSSR count). The number of rotatable bonds is 6. The van der Waals surface area contributed by atoms with E-state index in [0.29, 0.717) is 18.8 Å². The number of nitrogens with one attached hydrogen (secondary N) is 1. The summed E-state index contributed by atoms with van der Waals surface area (Å²) in [6.07, 6.45) is 0. The number of carbonyl (C=O) groups is 2. The van der Waals surface area contributed by atoms with Crippen molar-refractivity contribution in [2.24, 2.45) is 0 Å². The Labute approximate surface area is 210 Å². The molecule has 0 bridgehead atoms. The second-order valence-corrected chi connectivity index (χ2v) is 9.89. The maximum atomic E-state index is 13.9. The molecule has 0 spiro atoms. The molecule has 3 heterocycles. The zero-order valence-electron chi connectivity index (χ0n) is 21.1. The fraction of sp³-hybridized carbons (Fsp3) is 0.500. The number of anilines is 1. The molecule has 194 valence electrons. The van der Waals surface area contributed by atoms with Crippen molar-refractivity contribution >= 4 is 17.6 Å². The van der Waals surface area contributed by atoms with Gasteiger partial charge in [0, 0.05) is 45.0 Å². The molecule has 1 aromatic heterocycles. The summed E-state index contributed by atoms with van der Waals surface area (Å²) >= 11 is 0. The number of amides is 3. The molecule has 8 nitrogen and oxygen atoms in total. The zero-order valence-corrected chi connectivity index (χ0v) is 21.1.